The number of halogens is 3. The van der Waals surface area contributed by atoms with E-state index in [1.54, 1.807) is 12.1 Å². The Morgan fingerprint density at radius 2 is 1.89 bits per heavy atom. The van der Waals surface area contributed by atoms with Gasteiger partial charge in [0.05, 0.1) is 12.7 Å². The van der Waals surface area contributed by atoms with Crippen molar-refractivity contribution in [2.45, 2.75) is 39.7 Å². The standard InChI is InChI=1S/C19H23Cl2FN2O3/c1-10(2)13-9-12(5-6-14(13)25)27-17-15(20)18(22)24-19(16(17)21)23-7-8-26-11(3)4/h5-6,9-11,25H,7-8H2,1-4H3,(H,23,24). The van der Waals surface area contributed by atoms with Crippen LogP contribution >= 0.6 is 23.2 Å². The van der Waals surface area contributed by atoms with Gasteiger partial charge in [0.15, 0.2) is 11.6 Å². The maximum Gasteiger partial charge on any atom is 0.237 e. The third-order valence-electron chi connectivity index (χ3n) is 3.68. The third-order valence-corrected chi connectivity index (χ3v) is 4.36. The number of rotatable bonds is 8. The molecule has 0 unspecified atom stereocenters. The van der Waals surface area contributed by atoms with Crippen molar-refractivity contribution in [3.05, 3.63) is 39.8 Å². The van der Waals surface area contributed by atoms with Gasteiger partial charge in [0.2, 0.25) is 5.95 Å². The Hall–Kier alpha value is -1.76. The molecule has 0 fully saturated rings. The second-order valence-corrected chi connectivity index (χ2v) is 7.29. The Balaban J connectivity index is 2.27. The minimum atomic E-state index is -0.897. The van der Waals surface area contributed by atoms with Crippen LogP contribution in [0.2, 0.25) is 10.0 Å². The van der Waals surface area contributed by atoms with Gasteiger partial charge < -0.3 is 19.9 Å². The average Bonchev–Trinajstić information content (AvgIpc) is 2.60. The summed E-state index contributed by atoms with van der Waals surface area (Å²) in [7, 11) is 0. The summed E-state index contributed by atoms with van der Waals surface area (Å²) >= 11 is 12.3. The van der Waals surface area contributed by atoms with Gasteiger partial charge in [0.25, 0.3) is 0 Å². The summed E-state index contributed by atoms with van der Waals surface area (Å²) in [6.07, 6.45) is 0.0840. The smallest absolute Gasteiger partial charge is 0.237 e. The van der Waals surface area contributed by atoms with Gasteiger partial charge >= 0.3 is 0 Å². The van der Waals surface area contributed by atoms with E-state index in [1.165, 1.54) is 6.07 Å². The van der Waals surface area contributed by atoms with Crippen LogP contribution in [0.1, 0.15) is 39.2 Å². The molecule has 2 rings (SSSR count). The summed E-state index contributed by atoms with van der Waals surface area (Å²) in [4.78, 5) is 3.73. The Morgan fingerprint density at radius 1 is 1.19 bits per heavy atom. The van der Waals surface area contributed by atoms with E-state index in [4.69, 9.17) is 32.7 Å². The molecule has 0 saturated carbocycles. The highest BCUT2D eigenvalue weighted by atomic mass is 35.5. The molecule has 2 aromatic rings. The molecule has 0 amide bonds. The van der Waals surface area contributed by atoms with Crippen LogP contribution in [-0.2, 0) is 4.74 Å². The molecule has 0 aliphatic rings. The number of nitrogens with one attached hydrogen (secondary N) is 1. The van der Waals surface area contributed by atoms with Gasteiger partial charge in [-0.3, -0.25) is 0 Å². The largest absolute Gasteiger partial charge is 0.508 e. The lowest BCUT2D eigenvalue weighted by atomic mass is 10.0. The maximum atomic E-state index is 14.1. The van der Waals surface area contributed by atoms with Crippen molar-refractivity contribution < 1.29 is 19.0 Å². The molecule has 1 aromatic carbocycles. The molecule has 0 saturated heterocycles. The Kier molecular flexibility index (Phi) is 7.53. The van der Waals surface area contributed by atoms with Gasteiger partial charge in [-0.1, -0.05) is 37.0 Å². The van der Waals surface area contributed by atoms with Crippen LogP contribution < -0.4 is 10.1 Å². The zero-order valence-corrected chi connectivity index (χ0v) is 17.2. The highest BCUT2D eigenvalue weighted by molar-refractivity contribution is 6.38. The molecule has 0 atom stereocenters. The SMILES string of the molecule is CC(C)OCCNc1nc(F)c(Cl)c(Oc2ccc(O)c(C(C)C)c2)c1Cl. The molecule has 5 nitrogen and oxygen atoms in total. The van der Waals surface area contributed by atoms with Crippen LogP contribution in [0.25, 0.3) is 0 Å². The highest BCUT2D eigenvalue weighted by Gasteiger charge is 2.20. The first-order valence-electron chi connectivity index (χ1n) is 8.61. The minimum Gasteiger partial charge on any atom is -0.508 e. The van der Waals surface area contributed by atoms with Crippen LogP contribution in [-0.4, -0.2) is 29.3 Å². The second kappa shape index (κ2) is 9.44. The molecule has 0 radical (unpaired) electrons. The molecule has 8 heteroatoms. The number of hydrogen-bond donors (Lipinski definition) is 2. The first-order chi connectivity index (χ1) is 12.7. The number of phenols is 1. The van der Waals surface area contributed by atoms with Crippen LogP contribution in [0.4, 0.5) is 10.2 Å². The number of aromatic nitrogens is 1. The number of phenolic OH excluding ortho intramolecular Hbond substituents is 1. The fourth-order valence-corrected chi connectivity index (χ4v) is 2.81. The van der Waals surface area contributed by atoms with E-state index in [-0.39, 0.29) is 39.4 Å². The topological polar surface area (TPSA) is 63.6 Å². The summed E-state index contributed by atoms with van der Waals surface area (Å²) in [6, 6.07) is 4.72. The van der Waals surface area contributed by atoms with E-state index in [0.29, 0.717) is 24.5 Å². The van der Waals surface area contributed by atoms with Crippen molar-refractivity contribution in [3.63, 3.8) is 0 Å². The maximum absolute atomic E-state index is 14.1. The van der Waals surface area contributed by atoms with E-state index < -0.39 is 5.95 Å². The molecule has 148 valence electrons. The monoisotopic (exact) mass is 416 g/mol. The predicted octanol–water partition coefficient (Wildman–Crippen LogP) is 5.99. The van der Waals surface area contributed by atoms with Crippen LogP contribution in [0.3, 0.4) is 0 Å². The average molecular weight is 417 g/mol. The van der Waals surface area contributed by atoms with Crippen molar-refractivity contribution in [2.75, 3.05) is 18.5 Å². The molecule has 1 heterocycles. The molecule has 2 N–H and O–H groups in total. The number of aromatic hydroxyl groups is 1. The number of ether oxygens (including phenoxy) is 2. The Morgan fingerprint density at radius 3 is 2.52 bits per heavy atom. The summed E-state index contributed by atoms with van der Waals surface area (Å²) in [5, 5.41) is 12.6. The lowest BCUT2D eigenvalue weighted by molar-refractivity contribution is 0.0870. The van der Waals surface area contributed by atoms with Crippen molar-refractivity contribution in [3.8, 4) is 17.2 Å². The minimum absolute atomic E-state index is 0.0430. The molecule has 1 aromatic heterocycles. The number of hydrogen-bond acceptors (Lipinski definition) is 5. The van der Waals surface area contributed by atoms with Crippen LogP contribution in [0, 0.1) is 5.95 Å². The predicted molar refractivity (Wildman–Crippen MR) is 106 cm³/mol. The van der Waals surface area contributed by atoms with Gasteiger partial charge in [-0.2, -0.15) is 9.37 Å². The zero-order chi connectivity index (χ0) is 20.1. The fraction of sp³-hybridized carbons (Fsp3) is 0.421. The van der Waals surface area contributed by atoms with E-state index in [2.05, 4.69) is 10.3 Å². The fourth-order valence-electron chi connectivity index (χ4n) is 2.34. The second-order valence-electron chi connectivity index (χ2n) is 6.53. The molecule has 0 aliphatic heterocycles. The van der Waals surface area contributed by atoms with Crippen molar-refractivity contribution in [1.82, 2.24) is 4.98 Å². The van der Waals surface area contributed by atoms with E-state index in [1.807, 2.05) is 27.7 Å². The van der Waals surface area contributed by atoms with Gasteiger partial charge in [0, 0.05) is 12.1 Å². The number of pyridine rings is 1. The van der Waals surface area contributed by atoms with Crippen molar-refractivity contribution in [2.24, 2.45) is 0 Å². The van der Waals surface area contributed by atoms with Crippen LogP contribution in [0.5, 0.6) is 17.2 Å². The molecule has 0 bridgehead atoms. The molecular weight excluding hydrogens is 394 g/mol. The highest BCUT2D eigenvalue weighted by Crippen LogP contribution is 2.42. The van der Waals surface area contributed by atoms with Crippen molar-refractivity contribution in [1.29, 1.82) is 0 Å². The zero-order valence-electron chi connectivity index (χ0n) is 15.6. The molecule has 0 aliphatic carbocycles. The van der Waals surface area contributed by atoms with E-state index in [0.717, 1.165) is 0 Å². The summed E-state index contributed by atoms with van der Waals surface area (Å²) in [5.41, 5.74) is 0.693. The number of nitrogens with zero attached hydrogens (tertiary/aromatic N) is 1. The summed E-state index contributed by atoms with van der Waals surface area (Å²) < 4.78 is 25.3. The van der Waals surface area contributed by atoms with E-state index in [9.17, 15) is 9.50 Å². The lowest BCUT2D eigenvalue weighted by Gasteiger charge is -2.16. The first kappa shape index (κ1) is 21.5. The van der Waals surface area contributed by atoms with Crippen molar-refractivity contribution >= 4 is 29.0 Å². The van der Waals surface area contributed by atoms with Gasteiger partial charge in [-0.05, 0) is 38.0 Å². The normalized spacial score (nSPS) is 11.3. The van der Waals surface area contributed by atoms with E-state index >= 15 is 0 Å². The third kappa shape index (κ3) is 5.61. The van der Waals surface area contributed by atoms with Gasteiger partial charge in [-0.15, -0.1) is 0 Å². The van der Waals surface area contributed by atoms with Gasteiger partial charge in [-0.25, -0.2) is 0 Å². The first-order valence-corrected chi connectivity index (χ1v) is 9.37. The molecular formula is C19H23Cl2FN2O3. The Bertz CT molecular complexity index is 801. The number of anilines is 1. The summed E-state index contributed by atoms with van der Waals surface area (Å²) in [6.45, 7) is 8.51. The molecule has 27 heavy (non-hydrogen) atoms. The quantitative estimate of drug-likeness (QED) is 0.408. The van der Waals surface area contributed by atoms with Gasteiger partial charge in [0.1, 0.15) is 21.5 Å². The number of benzene rings is 1. The summed E-state index contributed by atoms with van der Waals surface area (Å²) in [5.74, 6) is -0.219. The Labute approximate surface area is 168 Å². The molecule has 0 spiro atoms. The van der Waals surface area contributed by atoms with Crippen LogP contribution in [0.15, 0.2) is 18.2 Å². The lowest BCUT2D eigenvalue weighted by Crippen LogP contribution is -2.14.